The second-order valence-corrected chi connectivity index (χ2v) is 7.29. The fourth-order valence-electron chi connectivity index (χ4n) is 4.00. The maximum atomic E-state index is 12.8. The highest BCUT2D eigenvalue weighted by molar-refractivity contribution is 6.01. The van der Waals surface area contributed by atoms with Gasteiger partial charge in [0.15, 0.2) is 0 Å². The highest BCUT2D eigenvalue weighted by Crippen LogP contribution is 2.39. The summed E-state index contributed by atoms with van der Waals surface area (Å²) >= 11 is 0. The first-order chi connectivity index (χ1) is 12.2. The fraction of sp³-hybridized carbons (Fsp3) is 0.579. The lowest BCUT2D eigenvalue weighted by Gasteiger charge is -2.31. The summed E-state index contributed by atoms with van der Waals surface area (Å²) < 4.78 is 38.3. The molecule has 1 fully saturated rings. The number of carbonyl (C=O) groups is 2. The molecule has 0 saturated carbocycles. The van der Waals surface area contributed by atoms with Crippen molar-refractivity contribution in [2.24, 2.45) is 11.8 Å². The SMILES string of the molecule is CCC1Cc2cc(C)ccc2C1NC(=O)C1CCC(C(F)(F)F)NC1=O. The molecule has 1 aliphatic heterocycles. The highest BCUT2D eigenvalue weighted by atomic mass is 19.4. The lowest BCUT2D eigenvalue weighted by molar-refractivity contribution is -0.171. The first kappa shape index (κ1) is 18.7. The molecule has 0 radical (unpaired) electrons. The van der Waals surface area contributed by atoms with Gasteiger partial charge in [-0.15, -0.1) is 0 Å². The van der Waals surface area contributed by atoms with Gasteiger partial charge < -0.3 is 10.6 Å². The second-order valence-electron chi connectivity index (χ2n) is 7.29. The molecule has 4 atom stereocenters. The van der Waals surface area contributed by atoms with E-state index in [2.05, 4.69) is 11.4 Å². The van der Waals surface area contributed by atoms with Crippen molar-refractivity contribution >= 4 is 11.8 Å². The van der Waals surface area contributed by atoms with Crippen LogP contribution < -0.4 is 10.6 Å². The molecule has 1 aliphatic carbocycles. The van der Waals surface area contributed by atoms with E-state index < -0.39 is 30.0 Å². The molecule has 2 aliphatic rings. The molecule has 1 aromatic rings. The molecule has 0 spiro atoms. The molecule has 3 rings (SSSR count). The number of benzene rings is 1. The van der Waals surface area contributed by atoms with Crippen molar-refractivity contribution in [3.63, 3.8) is 0 Å². The predicted octanol–water partition coefficient (Wildman–Crippen LogP) is 3.19. The summed E-state index contributed by atoms with van der Waals surface area (Å²) in [5.74, 6) is -2.17. The van der Waals surface area contributed by atoms with Crippen LogP contribution >= 0.6 is 0 Å². The quantitative estimate of drug-likeness (QED) is 0.805. The molecule has 4 unspecified atom stereocenters. The minimum Gasteiger partial charge on any atom is -0.348 e. The number of amides is 2. The Kier molecular flexibility index (Phi) is 4.99. The van der Waals surface area contributed by atoms with Crippen LogP contribution in [0.25, 0.3) is 0 Å². The summed E-state index contributed by atoms with van der Waals surface area (Å²) in [5, 5.41) is 4.87. The van der Waals surface area contributed by atoms with Crippen LogP contribution in [0.3, 0.4) is 0 Å². The van der Waals surface area contributed by atoms with Crippen molar-refractivity contribution in [1.29, 1.82) is 0 Å². The van der Waals surface area contributed by atoms with Crippen LogP contribution in [0.15, 0.2) is 18.2 Å². The van der Waals surface area contributed by atoms with Crippen LogP contribution in [-0.2, 0) is 16.0 Å². The smallest absolute Gasteiger partial charge is 0.348 e. The van der Waals surface area contributed by atoms with E-state index in [-0.39, 0.29) is 24.8 Å². The van der Waals surface area contributed by atoms with Gasteiger partial charge in [-0.05, 0) is 43.2 Å². The molecule has 142 valence electrons. The molecule has 7 heteroatoms. The third-order valence-corrected chi connectivity index (χ3v) is 5.50. The summed E-state index contributed by atoms with van der Waals surface area (Å²) in [4.78, 5) is 24.6. The van der Waals surface area contributed by atoms with Crippen LogP contribution in [-0.4, -0.2) is 24.0 Å². The number of hydrogen-bond donors (Lipinski definition) is 2. The third-order valence-electron chi connectivity index (χ3n) is 5.50. The number of fused-ring (bicyclic) bond motifs is 1. The van der Waals surface area contributed by atoms with Crippen LogP contribution in [0.4, 0.5) is 13.2 Å². The van der Waals surface area contributed by atoms with Gasteiger partial charge in [-0.2, -0.15) is 13.2 Å². The molecular weight excluding hydrogens is 345 g/mol. The van der Waals surface area contributed by atoms with Gasteiger partial charge in [0.05, 0.1) is 6.04 Å². The van der Waals surface area contributed by atoms with Gasteiger partial charge in [0.25, 0.3) is 0 Å². The Morgan fingerprint density at radius 2 is 2.04 bits per heavy atom. The summed E-state index contributed by atoms with van der Waals surface area (Å²) in [5.41, 5.74) is 3.38. The largest absolute Gasteiger partial charge is 0.408 e. The van der Waals surface area contributed by atoms with Crippen molar-refractivity contribution in [1.82, 2.24) is 10.6 Å². The Morgan fingerprint density at radius 1 is 1.31 bits per heavy atom. The highest BCUT2D eigenvalue weighted by Gasteiger charge is 2.46. The zero-order valence-electron chi connectivity index (χ0n) is 14.8. The minimum absolute atomic E-state index is 0.0912. The number of alkyl halides is 3. The van der Waals surface area contributed by atoms with E-state index in [9.17, 15) is 22.8 Å². The van der Waals surface area contributed by atoms with Gasteiger partial charge in [-0.1, -0.05) is 37.1 Å². The first-order valence-corrected chi connectivity index (χ1v) is 8.97. The average Bonchev–Trinajstić information content (AvgIpc) is 2.90. The zero-order chi connectivity index (χ0) is 19.1. The summed E-state index contributed by atoms with van der Waals surface area (Å²) in [6, 6.07) is 4.02. The predicted molar refractivity (Wildman–Crippen MR) is 90.3 cm³/mol. The normalized spacial score (nSPS) is 28.4. The van der Waals surface area contributed by atoms with E-state index in [0.717, 1.165) is 24.0 Å². The fourth-order valence-corrected chi connectivity index (χ4v) is 4.00. The second kappa shape index (κ2) is 6.93. The standard InChI is InChI=1S/C19H23F3N2O2/c1-3-11-9-12-8-10(2)4-5-13(12)16(11)24-18(26)14-6-7-15(19(20,21)22)23-17(14)25/h4-5,8,11,14-16H,3,6-7,9H2,1-2H3,(H,23,25)(H,24,26). The Hall–Kier alpha value is -2.05. The Morgan fingerprint density at radius 3 is 2.65 bits per heavy atom. The number of nitrogens with one attached hydrogen (secondary N) is 2. The number of hydrogen-bond acceptors (Lipinski definition) is 2. The number of rotatable bonds is 3. The van der Waals surface area contributed by atoms with Crippen molar-refractivity contribution in [3.05, 3.63) is 34.9 Å². The molecule has 1 heterocycles. The van der Waals surface area contributed by atoms with Crippen molar-refractivity contribution in [2.45, 2.75) is 57.8 Å². The van der Waals surface area contributed by atoms with E-state index in [1.807, 2.05) is 31.3 Å². The van der Waals surface area contributed by atoms with Gasteiger partial charge in [0, 0.05) is 0 Å². The number of halogens is 3. The molecule has 2 N–H and O–H groups in total. The van der Waals surface area contributed by atoms with Gasteiger partial charge in [0.1, 0.15) is 12.0 Å². The molecule has 1 saturated heterocycles. The van der Waals surface area contributed by atoms with E-state index in [0.29, 0.717) is 0 Å². The summed E-state index contributed by atoms with van der Waals surface area (Å²) in [6.45, 7) is 4.06. The minimum atomic E-state index is -4.48. The maximum Gasteiger partial charge on any atom is 0.408 e. The van der Waals surface area contributed by atoms with E-state index in [4.69, 9.17) is 0 Å². The number of aryl methyl sites for hydroxylation is 1. The van der Waals surface area contributed by atoms with E-state index in [1.54, 1.807) is 0 Å². The van der Waals surface area contributed by atoms with Crippen LogP contribution in [0.1, 0.15) is 48.9 Å². The molecule has 1 aromatic carbocycles. The van der Waals surface area contributed by atoms with Crippen LogP contribution in [0.5, 0.6) is 0 Å². The zero-order valence-corrected chi connectivity index (χ0v) is 14.8. The van der Waals surface area contributed by atoms with Crippen molar-refractivity contribution in [2.75, 3.05) is 0 Å². The first-order valence-electron chi connectivity index (χ1n) is 8.97. The average molecular weight is 368 g/mol. The van der Waals surface area contributed by atoms with Gasteiger partial charge in [-0.25, -0.2) is 0 Å². The van der Waals surface area contributed by atoms with Crippen LogP contribution in [0.2, 0.25) is 0 Å². The molecule has 0 bridgehead atoms. The van der Waals surface area contributed by atoms with E-state index in [1.165, 1.54) is 5.56 Å². The summed E-state index contributed by atoms with van der Waals surface area (Å²) in [7, 11) is 0. The number of carbonyl (C=O) groups excluding carboxylic acids is 2. The summed E-state index contributed by atoms with van der Waals surface area (Å²) in [6.07, 6.45) is -3.12. The molecule has 0 aromatic heterocycles. The molecular formula is C19H23F3N2O2. The van der Waals surface area contributed by atoms with Gasteiger partial charge in [0.2, 0.25) is 11.8 Å². The molecule has 26 heavy (non-hydrogen) atoms. The van der Waals surface area contributed by atoms with Crippen molar-refractivity contribution in [3.8, 4) is 0 Å². The Bertz CT molecular complexity index is 717. The lowest BCUT2D eigenvalue weighted by Crippen LogP contribution is -2.54. The topological polar surface area (TPSA) is 58.2 Å². The van der Waals surface area contributed by atoms with Gasteiger partial charge in [-0.3, -0.25) is 9.59 Å². The molecule has 4 nitrogen and oxygen atoms in total. The van der Waals surface area contributed by atoms with Crippen molar-refractivity contribution < 1.29 is 22.8 Å². The monoisotopic (exact) mass is 368 g/mol. The van der Waals surface area contributed by atoms with E-state index >= 15 is 0 Å². The third kappa shape index (κ3) is 3.57. The maximum absolute atomic E-state index is 12.8. The molecule has 2 amide bonds. The number of piperidine rings is 1. The lowest BCUT2D eigenvalue weighted by atomic mass is 9.91. The Labute approximate surface area is 150 Å². The van der Waals surface area contributed by atoms with Gasteiger partial charge >= 0.3 is 6.18 Å². The Balaban J connectivity index is 1.71. The van der Waals surface area contributed by atoms with Crippen LogP contribution in [0, 0.1) is 18.8 Å².